The van der Waals surface area contributed by atoms with Crippen molar-refractivity contribution in [2.75, 3.05) is 13.1 Å². The van der Waals surface area contributed by atoms with Gasteiger partial charge in [-0.05, 0) is 37.3 Å². The zero-order valence-corrected chi connectivity index (χ0v) is 19.2. The molecule has 2 heterocycles. The molecule has 0 aliphatic carbocycles. The minimum Gasteiger partial charge on any atom is -0.480 e. The van der Waals surface area contributed by atoms with Gasteiger partial charge in [-0.3, -0.25) is 19.2 Å². The molecule has 3 rings (SSSR count). The van der Waals surface area contributed by atoms with Crippen LogP contribution in [0.5, 0.6) is 0 Å². The van der Waals surface area contributed by atoms with Gasteiger partial charge in [0.1, 0.15) is 12.1 Å². The number of hydrogen-bond donors (Lipinski definition) is 6. The molecule has 188 valence electrons. The van der Waals surface area contributed by atoms with E-state index < -0.39 is 48.4 Å². The molecule has 1 aliphatic rings. The Kier molecular flexibility index (Phi) is 8.42. The molecular weight excluding hydrogens is 456 g/mol. The van der Waals surface area contributed by atoms with Crippen LogP contribution in [-0.4, -0.2) is 75.8 Å². The van der Waals surface area contributed by atoms with E-state index >= 15 is 0 Å². The van der Waals surface area contributed by atoms with Crippen LogP contribution in [0, 0.1) is 0 Å². The smallest absolute Gasteiger partial charge is 0.326 e. The number of carboxylic acids is 1. The van der Waals surface area contributed by atoms with E-state index in [9.17, 15) is 29.1 Å². The number of aliphatic carboxylic acids is 1. The van der Waals surface area contributed by atoms with Crippen LogP contribution in [0.4, 0.5) is 0 Å². The summed E-state index contributed by atoms with van der Waals surface area (Å²) in [7, 11) is 0. The van der Waals surface area contributed by atoms with Gasteiger partial charge in [-0.1, -0.05) is 18.2 Å². The second-order valence-corrected chi connectivity index (χ2v) is 8.54. The maximum atomic E-state index is 13.0. The number of primary amides is 1. The molecule has 0 bridgehead atoms. The quantitative estimate of drug-likeness (QED) is 0.233. The monoisotopic (exact) mass is 486 g/mol. The third-order valence-electron chi connectivity index (χ3n) is 6.01. The molecule has 4 amide bonds. The van der Waals surface area contributed by atoms with Crippen LogP contribution in [0.3, 0.4) is 0 Å². The van der Waals surface area contributed by atoms with Crippen molar-refractivity contribution < 1.29 is 29.1 Å². The van der Waals surface area contributed by atoms with E-state index in [1.165, 1.54) is 4.90 Å². The zero-order chi connectivity index (χ0) is 25.5. The van der Waals surface area contributed by atoms with Crippen LogP contribution in [0.15, 0.2) is 30.5 Å². The number of rotatable bonds is 11. The Labute approximate surface area is 201 Å². The fraction of sp³-hybridized carbons (Fsp3) is 0.435. The molecule has 1 aromatic heterocycles. The highest BCUT2D eigenvalue weighted by Crippen LogP contribution is 2.22. The van der Waals surface area contributed by atoms with E-state index in [2.05, 4.69) is 15.6 Å². The number of nitrogens with one attached hydrogen (secondary N) is 3. The van der Waals surface area contributed by atoms with Crippen LogP contribution in [0.25, 0.3) is 10.9 Å². The van der Waals surface area contributed by atoms with Gasteiger partial charge in [0.25, 0.3) is 0 Å². The summed E-state index contributed by atoms with van der Waals surface area (Å²) in [4.78, 5) is 64.6. The number of hydrogen-bond acceptors (Lipinski definition) is 6. The van der Waals surface area contributed by atoms with E-state index in [-0.39, 0.29) is 18.7 Å². The molecule has 1 saturated heterocycles. The van der Waals surface area contributed by atoms with Crippen LogP contribution in [-0.2, 0) is 30.4 Å². The molecule has 12 nitrogen and oxygen atoms in total. The van der Waals surface area contributed by atoms with Gasteiger partial charge in [0, 0.05) is 30.1 Å². The largest absolute Gasteiger partial charge is 0.480 e. The van der Waals surface area contributed by atoms with Crippen molar-refractivity contribution in [2.24, 2.45) is 11.5 Å². The average molecular weight is 487 g/mol. The third-order valence-corrected chi connectivity index (χ3v) is 6.01. The number of aromatic nitrogens is 1. The van der Waals surface area contributed by atoms with Crippen LogP contribution >= 0.6 is 0 Å². The fourth-order valence-corrected chi connectivity index (χ4v) is 4.22. The summed E-state index contributed by atoms with van der Waals surface area (Å²) in [5.41, 5.74) is 13.1. The lowest BCUT2D eigenvalue weighted by Gasteiger charge is -2.26. The number of aromatic amines is 1. The van der Waals surface area contributed by atoms with E-state index in [4.69, 9.17) is 11.5 Å². The van der Waals surface area contributed by atoms with Gasteiger partial charge in [0.15, 0.2) is 0 Å². The summed E-state index contributed by atoms with van der Waals surface area (Å²) in [6.45, 7) is -0.0992. The molecule has 1 fully saturated rings. The molecule has 0 radical (unpaired) electrons. The number of nitrogens with zero attached hydrogens (tertiary/aromatic N) is 1. The zero-order valence-electron chi connectivity index (χ0n) is 19.2. The number of carbonyl (C=O) groups excluding carboxylic acids is 4. The van der Waals surface area contributed by atoms with E-state index in [1.54, 1.807) is 0 Å². The van der Waals surface area contributed by atoms with Gasteiger partial charge in [-0.15, -0.1) is 0 Å². The summed E-state index contributed by atoms with van der Waals surface area (Å²) in [5.74, 6) is -3.61. The van der Waals surface area contributed by atoms with Crippen molar-refractivity contribution in [3.05, 3.63) is 36.0 Å². The number of likely N-dealkylation sites (tertiary alicyclic amines) is 1. The number of carbonyl (C=O) groups is 5. The Bertz CT molecular complexity index is 1110. The lowest BCUT2D eigenvalue weighted by Crippen LogP contribution is -2.53. The summed E-state index contributed by atoms with van der Waals surface area (Å²) in [5, 5.41) is 14.8. The summed E-state index contributed by atoms with van der Waals surface area (Å²) >= 11 is 0. The van der Waals surface area contributed by atoms with Gasteiger partial charge in [0.2, 0.25) is 23.6 Å². The van der Waals surface area contributed by atoms with Crippen LogP contribution in [0.1, 0.15) is 31.2 Å². The lowest BCUT2D eigenvalue weighted by atomic mass is 10.0. The van der Waals surface area contributed by atoms with Gasteiger partial charge in [0.05, 0.1) is 12.6 Å². The Morgan fingerprint density at radius 1 is 1.20 bits per heavy atom. The SMILES string of the molecule is NC(=O)CCC(NC(=O)CNC(=O)C1CCCN1C(=O)C(N)Cc1c[nH]c2ccccc12)C(=O)O. The first kappa shape index (κ1) is 25.7. The van der Waals surface area contributed by atoms with Gasteiger partial charge >= 0.3 is 5.97 Å². The topological polar surface area (TPSA) is 201 Å². The Morgan fingerprint density at radius 2 is 1.94 bits per heavy atom. The average Bonchev–Trinajstić information content (AvgIpc) is 3.47. The van der Waals surface area contributed by atoms with Crippen molar-refractivity contribution >= 4 is 40.5 Å². The standard InChI is InChI=1S/C23H30N6O6/c24-15(10-13-11-26-16-5-2-1-4-14(13)16)22(33)29-9-3-6-18(29)21(32)27-12-20(31)28-17(23(34)35)7-8-19(25)30/h1-2,4-5,11,15,17-18,26H,3,6-10,12,24H2,(H2,25,30)(H,27,32)(H,28,31)(H,34,35). The maximum Gasteiger partial charge on any atom is 0.326 e. The van der Waals surface area contributed by atoms with E-state index in [0.717, 1.165) is 16.5 Å². The molecule has 12 heteroatoms. The first-order valence-corrected chi connectivity index (χ1v) is 11.4. The molecular formula is C23H30N6O6. The molecule has 2 aromatic rings. The number of nitrogens with two attached hydrogens (primary N) is 2. The Balaban J connectivity index is 1.53. The molecule has 0 spiro atoms. The normalized spacial score (nSPS) is 17.1. The van der Waals surface area contributed by atoms with Crippen molar-refractivity contribution in [3.63, 3.8) is 0 Å². The lowest BCUT2D eigenvalue weighted by molar-refractivity contribution is -0.142. The maximum absolute atomic E-state index is 13.0. The van der Waals surface area contributed by atoms with Crippen molar-refractivity contribution in [1.82, 2.24) is 20.5 Å². The second-order valence-electron chi connectivity index (χ2n) is 8.54. The minimum absolute atomic E-state index is 0.163. The van der Waals surface area contributed by atoms with E-state index in [1.807, 2.05) is 30.5 Å². The second kappa shape index (κ2) is 11.5. The first-order valence-electron chi connectivity index (χ1n) is 11.4. The number of H-pyrrole nitrogens is 1. The molecule has 3 unspecified atom stereocenters. The number of fused-ring (bicyclic) bond motifs is 1. The van der Waals surface area contributed by atoms with Crippen molar-refractivity contribution in [1.29, 1.82) is 0 Å². The summed E-state index contributed by atoms with van der Waals surface area (Å²) in [6.07, 6.45) is 2.79. The molecule has 3 atom stereocenters. The van der Waals surface area contributed by atoms with Crippen LogP contribution in [0.2, 0.25) is 0 Å². The van der Waals surface area contributed by atoms with Gasteiger partial charge in [-0.2, -0.15) is 0 Å². The molecule has 1 aliphatic heterocycles. The Morgan fingerprint density at radius 3 is 2.66 bits per heavy atom. The predicted octanol–water partition coefficient (Wildman–Crippen LogP) is -1.02. The van der Waals surface area contributed by atoms with Crippen LogP contribution < -0.4 is 22.1 Å². The highest BCUT2D eigenvalue weighted by molar-refractivity contribution is 5.93. The Hall–Kier alpha value is -3.93. The van der Waals surface area contributed by atoms with Crippen molar-refractivity contribution in [2.45, 2.75) is 50.2 Å². The highest BCUT2D eigenvalue weighted by atomic mass is 16.4. The third kappa shape index (κ3) is 6.57. The van der Waals surface area contributed by atoms with Crippen molar-refractivity contribution in [3.8, 4) is 0 Å². The molecule has 0 saturated carbocycles. The summed E-state index contributed by atoms with van der Waals surface area (Å²) in [6, 6.07) is 4.77. The van der Waals surface area contributed by atoms with Gasteiger partial charge in [-0.25, -0.2) is 4.79 Å². The fourth-order valence-electron chi connectivity index (χ4n) is 4.22. The number of para-hydroxylation sites is 1. The highest BCUT2D eigenvalue weighted by Gasteiger charge is 2.36. The number of carboxylic acid groups (broad SMARTS) is 1. The minimum atomic E-state index is -1.32. The summed E-state index contributed by atoms with van der Waals surface area (Å²) < 4.78 is 0. The molecule has 8 N–H and O–H groups in total. The number of benzene rings is 1. The van der Waals surface area contributed by atoms with Gasteiger partial charge < -0.3 is 37.1 Å². The molecule has 1 aromatic carbocycles. The van der Waals surface area contributed by atoms with E-state index in [0.29, 0.717) is 25.8 Å². The predicted molar refractivity (Wildman–Crippen MR) is 126 cm³/mol. The molecule has 35 heavy (non-hydrogen) atoms. The number of amides is 4. The first-order chi connectivity index (χ1) is 16.7.